The van der Waals surface area contributed by atoms with Crippen LogP contribution >= 0.6 is 11.6 Å². The molecule has 5 nitrogen and oxygen atoms in total. The fraction of sp³-hybridized carbons (Fsp3) is 0. The summed E-state index contributed by atoms with van der Waals surface area (Å²) in [5.74, 6) is -1.48. The van der Waals surface area contributed by atoms with Gasteiger partial charge in [-0.25, -0.2) is 9.82 Å². The smallest absolute Gasteiger partial charge is 0.274 e. The quantitative estimate of drug-likeness (QED) is 0.562. The summed E-state index contributed by atoms with van der Waals surface area (Å²) in [4.78, 5) is 12.0. The SMILES string of the molecule is N#Cc1ccc(C(=O)N/N=C\c2cccn2-c2ccc(Cl)cc2)c(F)c1. The van der Waals surface area contributed by atoms with Gasteiger partial charge in [0, 0.05) is 16.9 Å². The summed E-state index contributed by atoms with van der Waals surface area (Å²) in [6, 6.07) is 16.3. The molecule has 0 aliphatic carbocycles. The fourth-order valence-corrected chi connectivity index (χ4v) is 2.45. The maximum Gasteiger partial charge on any atom is 0.274 e. The van der Waals surface area contributed by atoms with E-state index < -0.39 is 11.7 Å². The van der Waals surface area contributed by atoms with E-state index in [9.17, 15) is 9.18 Å². The Hall–Kier alpha value is -3.43. The van der Waals surface area contributed by atoms with Crippen molar-refractivity contribution >= 4 is 23.7 Å². The maximum absolute atomic E-state index is 13.8. The summed E-state index contributed by atoms with van der Waals surface area (Å²) in [7, 11) is 0. The molecule has 0 saturated carbocycles. The van der Waals surface area contributed by atoms with Crippen LogP contribution in [0.5, 0.6) is 0 Å². The molecule has 0 aliphatic heterocycles. The average Bonchev–Trinajstić information content (AvgIpc) is 3.10. The largest absolute Gasteiger partial charge is 0.316 e. The van der Waals surface area contributed by atoms with Crippen molar-refractivity contribution in [2.45, 2.75) is 0 Å². The van der Waals surface area contributed by atoms with E-state index in [0.29, 0.717) is 10.7 Å². The van der Waals surface area contributed by atoms with E-state index in [-0.39, 0.29) is 11.1 Å². The van der Waals surface area contributed by atoms with Gasteiger partial charge in [-0.3, -0.25) is 4.79 Å². The molecule has 1 heterocycles. The molecular formula is C19H12ClFN4O. The van der Waals surface area contributed by atoms with Crippen LogP contribution in [-0.2, 0) is 0 Å². The van der Waals surface area contributed by atoms with Crippen molar-refractivity contribution < 1.29 is 9.18 Å². The van der Waals surface area contributed by atoms with Gasteiger partial charge in [0.2, 0.25) is 0 Å². The van der Waals surface area contributed by atoms with E-state index in [1.165, 1.54) is 18.3 Å². The van der Waals surface area contributed by atoms with E-state index in [1.807, 2.05) is 41.1 Å². The van der Waals surface area contributed by atoms with Gasteiger partial charge in [0.1, 0.15) is 5.82 Å². The normalized spacial score (nSPS) is 10.7. The minimum atomic E-state index is -0.777. The molecule has 128 valence electrons. The number of hydrazone groups is 1. The van der Waals surface area contributed by atoms with Gasteiger partial charge in [0.25, 0.3) is 5.91 Å². The number of hydrogen-bond acceptors (Lipinski definition) is 3. The predicted molar refractivity (Wildman–Crippen MR) is 97.0 cm³/mol. The van der Waals surface area contributed by atoms with Gasteiger partial charge < -0.3 is 4.57 Å². The van der Waals surface area contributed by atoms with Crippen LogP contribution in [0.1, 0.15) is 21.6 Å². The van der Waals surface area contributed by atoms with Gasteiger partial charge in [-0.15, -0.1) is 0 Å². The van der Waals surface area contributed by atoms with Gasteiger partial charge in [0.05, 0.1) is 29.1 Å². The van der Waals surface area contributed by atoms with Crippen LogP contribution in [0.2, 0.25) is 5.02 Å². The molecular weight excluding hydrogens is 355 g/mol. The van der Waals surface area contributed by atoms with Crippen molar-refractivity contribution in [1.82, 2.24) is 9.99 Å². The molecule has 1 aromatic heterocycles. The van der Waals surface area contributed by atoms with Crippen LogP contribution in [0, 0.1) is 17.1 Å². The Bertz CT molecular complexity index is 1020. The van der Waals surface area contributed by atoms with Gasteiger partial charge in [-0.05, 0) is 54.6 Å². The second kappa shape index (κ2) is 7.64. The first kappa shape index (κ1) is 17.4. The Morgan fingerprint density at radius 1 is 1.23 bits per heavy atom. The Morgan fingerprint density at radius 3 is 2.69 bits per heavy atom. The number of aromatic nitrogens is 1. The lowest BCUT2D eigenvalue weighted by atomic mass is 10.1. The minimum absolute atomic E-state index is 0.142. The number of rotatable bonds is 4. The zero-order chi connectivity index (χ0) is 18.5. The molecule has 0 bridgehead atoms. The van der Waals surface area contributed by atoms with Crippen molar-refractivity contribution in [1.29, 1.82) is 5.26 Å². The topological polar surface area (TPSA) is 70.2 Å². The summed E-state index contributed by atoms with van der Waals surface area (Å²) in [6.45, 7) is 0. The highest BCUT2D eigenvalue weighted by atomic mass is 35.5. The zero-order valence-corrected chi connectivity index (χ0v) is 14.1. The monoisotopic (exact) mass is 366 g/mol. The molecule has 2 aromatic carbocycles. The summed E-state index contributed by atoms with van der Waals surface area (Å²) in [6.07, 6.45) is 3.29. The first-order valence-electron chi connectivity index (χ1n) is 7.55. The zero-order valence-electron chi connectivity index (χ0n) is 13.4. The van der Waals surface area contributed by atoms with Crippen LogP contribution < -0.4 is 5.43 Å². The molecule has 1 N–H and O–H groups in total. The molecule has 0 radical (unpaired) electrons. The molecule has 0 spiro atoms. The number of nitriles is 1. The number of carbonyl (C=O) groups excluding carboxylic acids is 1. The van der Waals surface area contributed by atoms with Crippen LogP contribution in [0.15, 0.2) is 65.9 Å². The summed E-state index contributed by atoms with van der Waals surface area (Å²) >= 11 is 5.89. The number of halogens is 2. The second-order valence-electron chi connectivity index (χ2n) is 5.29. The van der Waals surface area contributed by atoms with Crippen molar-refractivity contribution in [2.24, 2.45) is 5.10 Å². The van der Waals surface area contributed by atoms with Gasteiger partial charge in [-0.2, -0.15) is 10.4 Å². The maximum atomic E-state index is 13.8. The van der Waals surface area contributed by atoms with E-state index in [4.69, 9.17) is 16.9 Å². The van der Waals surface area contributed by atoms with Crippen LogP contribution in [0.3, 0.4) is 0 Å². The molecule has 3 rings (SSSR count). The fourth-order valence-electron chi connectivity index (χ4n) is 2.32. The van der Waals surface area contributed by atoms with E-state index in [1.54, 1.807) is 12.1 Å². The van der Waals surface area contributed by atoms with Gasteiger partial charge in [-0.1, -0.05) is 11.6 Å². The first-order chi connectivity index (χ1) is 12.6. The molecule has 3 aromatic rings. The van der Waals surface area contributed by atoms with Crippen LogP contribution in [0.4, 0.5) is 4.39 Å². The Labute approximate surface area is 153 Å². The molecule has 0 atom stereocenters. The number of benzene rings is 2. The number of hydrogen-bond donors (Lipinski definition) is 1. The molecule has 0 aliphatic rings. The molecule has 7 heteroatoms. The van der Waals surface area contributed by atoms with E-state index >= 15 is 0 Å². The Balaban J connectivity index is 1.74. The van der Waals surface area contributed by atoms with Gasteiger partial charge >= 0.3 is 0 Å². The number of nitrogens with zero attached hydrogens (tertiary/aromatic N) is 3. The van der Waals surface area contributed by atoms with Crippen LogP contribution in [-0.4, -0.2) is 16.7 Å². The molecule has 0 saturated heterocycles. The molecule has 1 amide bonds. The highest BCUT2D eigenvalue weighted by molar-refractivity contribution is 6.30. The van der Waals surface area contributed by atoms with E-state index in [2.05, 4.69) is 10.5 Å². The first-order valence-corrected chi connectivity index (χ1v) is 7.92. The van der Waals surface area contributed by atoms with Crippen molar-refractivity contribution in [3.05, 3.63) is 88.5 Å². The van der Waals surface area contributed by atoms with Crippen molar-refractivity contribution in [3.63, 3.8) is 0 Å². The summed E-state index contributed by atoms with van der Waals surface area (Å²) in [5, 5.41) is 13.2. The van der Waals surface area contributed by atoms with Crippen molar-refractivity contribution in [3.8, 4) is 11.8 Å². The standard InChI is InChI=1S/C19H12ClFN4O/c20-14-4-6-15(7-5-14)25-9-1-2-16(25)12-23-24-19(26)17-8-3-13(11-22)10-18(17)21/h1-10,12H,(H,24,26)/b23-12-. The lowest BCUT2D eigenvalue weighted by molar-refractivity contribution is 0.0951. The molecule has 26 heavy (non-hydrogen) atoms. The second-order valence-corrected chi connectivity index (χ2v) is 5.72. The Morgan fingerprint density at radius 2 is 2.00 bits per heavy atom. The average molecular weight is 367 g/mol. The highest BCUT2D eigenvalue weighted by Crippen LogP contribution is 2.15. The molecule has 0 unspecified atom stereocenters. The number of amides is 1. The summed E-state index contributed by atoms with van der Waals surface area (Å²) < 4.78 is 15.7. The minimum Gasteiger partial charge on any atom is -0.316 e. The van der Waals surface area contributed by atoms with Gasteiger partial charge in [0.15, 0.2) is 0 Å². The van der Waals surface area contributed by atoms with Crippen LogP contribution in [0.25, 0.3) is 5.69 Å². The third-order valence-electron chi connectivity index (χ3n) is 3.59. The van der Waals surface area contributed by atoms with Crippen molar-refractivity contribution in [2.75, 3.05) is 0 Å². The predicted octanol–water partition coefficient (Wildman–Crippen LogP) is 3.91. The third kappa shape index (κ3) is 3.79. The van der Waals surface area contributed by atoms with E-state index in [0.717, 1.165) is 11.8 Å². The highest BCUT2D eigenvalue weighted by Gasteiger charge is 2.11. The lowest BCUT2D eigenvalue weighted by Crippen LogP contribution is -2.19. The lowest BCUT2D eigenvalue weighted by Gasteiger charge is -2.06. The summed E-state index contributed by atoms with van der Waals surface area (Å²) in [5.41, 5.74) is 3.83. The molecule has 0 fully saturated rings. The number of nitrogens with one attached hydrogen (secondary N) is 1. The number of carbonyl (C=O) groups is 1. The Kier molecular flexibility index (Phi) is 5.11. The third-order valence-corrected chi connectivity index (χ3v) is 3.84.